The highest BCUT2D eigenvalue weighted by Crippen LogP contribution is 2.32. The SMILES string of the molecule is CCCCCCCOc1cccc2c(=O)c3c(S(C)(=O)=O)c(C(=O)OCCCCC)ccc3oc12. The summed E-state index contributed by atoms with van der Waals surface area (Å²) >= 11 is 0. The smallest absolute Gasteiger partial charge is 0.339 e. The van der Waals surface area contributed by atoms with Crippen molar-refractivity contribution in [2.45, 2.75) is 70.1 Å². The molecule has 190 valence electrons. The third kappa shape index (κ3) is 6.42. The van der Waals surface area contributed by atoms with E-state index < -0.39 is 21.2 Å². The first-order valence-electron chi connectivity index (χ1n) is 12.3. The zero-order valence-corrected chi connectivity index (χ0v) is 21.5. The van der Waals surface area contributed by atoms with E-state index in [4.69, 9.17) is 13.9 Å². The minimum Gasteiger partial charge on any atom is -0.490 e. The van der Waals surface area contributed by atoms with Crippen molar-refractivity contribution in [3.8, 4) is 5.75 Å². The Hall–Kier alpha value is -2.87. The van der Waals surface area contributed by atoms with Crippen LogP contribution in [0, 0.1) is 0 Å². The van der Waals surface area contributed by atoms with Crippen LogP contribution in [0.25, 0.3) is 21.9 Å². The molecule has 0 saturated heterocycles. The molecule has 7 nitrogen and oxygen atoms in total. The lowest BCUT2D eigenvalue weighted by molar-refractivity contribution is 0.0494. The van der Waals surface area contributed by atoms with Crippen LogP contribution in [0.4, 0.5) is 0 Å². The first-order chi connectivity index (χ1) is 16.8. The molecular formula is C27H34O7S. The molecule has 0 aliphatic carbocycles. The zero-order chi connectivity index (χ0) is 25.4. The average molecular weight is 503 g/mol. The van der Waals surface area contributed by atoms with Gasteiger partial charge in [0.15, 0.2) is 21.2 Å². The third-order valence-corrected chi connectivity index (χ3v) is 7.02. The van der Waals surface area contributed by atoms with Gasteiger partial charge in [0, 0.05) is 6.26 Å². The van der Waals surface area contributed by atoms with E-state index in [-0.39, 0.29) is 39.0 Å². The van der Waals surface area contributed by atoms with Crippen molar-refractivity contribution in [1.29, 1.82) is 0 Å². The molecule has 0 N–H and O–H groups in total. The van der Waals surface area contributed by atoms with Gasteiger partial charge in [-0.05, 0) is 37.1 Å². The van der Waals surface area contributed by atoms with Crippen molar-refractivity contribution >= 4 is 37.7 Å². The fourth-order valence-electron chi connectivity index (χ4n) is 4.05. The predicted octanol–water partition coefficient (Wildman–Crippen LogP) is 6.05. The normalized spacial score (nSPS) is 11.7. The van der Waals surface area contributed by atoms with E-state index in [0.717, 1.165) is 44.8 Å². The number of esters is 1. The Labute approximate surface area is 206 Å². The standard InChI is InChI=1S/C27H34O7S/c1-4-6-8-9-11-17-32-22-14-12-13-19-24(28)23-21(34-25(19)22)16-15-20(26(23)35(3,30)31)27(29)33-18-10-7-5-2/h12-16H,4-11,17-18H2,1-3H3. The van der Waals surface area contributed by atoms with Crippen LogP contribution in [-0.2, 0) is 14.6 Å². The number of carbonyl (C=O) groups is 1. The number of sulfone groups is 1. The maximum atomic E-state index is 13.5. The zero-order valence-electron chi connectivity index (χ0n) is 20.7. The number of carbonyl (C=O) groups excluding carboxylic acids is 1. The maximum Gasteiger partial charge on any atom is 0.339 e. The Morgan fingerprint density at radius 1 is 0.914 bits per heavy atom. The van der Waals surface area contributed by atoms with Crippen LogP contribution in [0.1, 0.15) is 75.6 Å². The number of hydrogen-bond acceptors (Lipinski definition) is 7. The highest BCUT2D eigenvalue weighted by Gasteiger charge is 2.27. The minimum absolute atomic E-state index is 0.0736. The summed E-state index contributed by atoms with van der Waals surface area (Å²) in [6.07, 6.45) is 8.94. The second-order valence-corrected chi connectivity index (χ2v) is 10.7. The molecular weight excluding hydrogens is 468 g/mol. The van der Waals surface area contributed by atoms with Gasteiger partial charge in [-0.25, -0.2) is 13.2 Å². The molecule has 0 aliphatic heterocycles. The Bertz CT molecular complexity index is 1340. The second-order valence-electron chi connectivity index (χ2n) is 8.76. The van der Waals surface area contributed by atoms with Crippen LogP contribution < -0.4 is 10.2 Å². The van der Waals surface area contributed by atoms with E-state index in [1.807, 2.05) is 6.92 Å². The number of unbranched alkanes of at least 4 members (excludes halogenated alkanes) is 6. The lowest BCUT2D eigenvalue weighted by atomic mass is 10.1. The number of rotatable bonds is 13. The summed E-state index contributed by atoms with van der Waals surface area (Å²) in [7, 11) is -3.96. The van der Waals surface area contributed by atoms with Crippen LogP contribution in [0.2, 0.25) is 0 Å². The monoisotopic (exact) mass is 502 g/mol. The van der Waals surface area contributed by atoms with E-state index >= 15 is 0 Å². The number of fused-ring (bicyclic) bond motifs is 2. The van der Waals surface area contributed by atoms with Crippen LogP contribution in [0.15, 0.2) is 44.4 Å². The van der Waals surface area contributed by atoms with Crippen molar-refractivity contribution < 1.29 is 27.1 Å². The Morgan fingerprint density at radius 2 is 1.60 bits per heavy atom. The molecule has 0 aliphatic rings. The summed E-state index contributed by atoms with van der Waals surface area (Å²) in [5, 5.41) is 0.0408. The lowest BCUT2D eigenvalue weighted by Crippen LogP contribution is -2.16. The largest absolute Gasteiger partial charge is 0.490 e. The van der Waals surface area contributed by atoms with Crippen LogP contribution in [0.3, 0.4) is 0 Å². The molecule has 35 heavy (non-hydrogen) atoms. The average Bonchev–Trinajstić information content (AvgIpc) is 2.83. The van der Waals surface area contributed by atoms with Gasteiger partial charge in [-0.1, -0.05) is 58.4 Å². The molecule has 0 amide bonds. The van der Waals surface area contributed by atoms with Gasteiger partial charge in [-0.15, -0.1) is 0 Å². The van der Waals surface area contributed by atoms with Crippen molar-refractivity contribution in [3.63, 3.8) is 0 Å². The molecule has 0 bridgehead atoms. The molecule has 0 unspecified atom stereocenters. The molecule has 0 saturated carbocycles. The van der Waals surface area contributed by atoms with Crippen molar-refractivity contribution in [1.82, 2.24) is 0 Å². The van der Waals surface area contributed by atoms with Crippen molar-refractivity contribution in [2.24, 2.45) is 0 Å². The van der Waals surface area contributed by atoms with Gasteiger partial charge < -0.3 is 13.9 Å². The predicted molar refractivity (Wildman–Crippen MR) is 137 cm³/mol. The van der Waals surface area contributed by atoms with Crippen molar-refractivity contribution in [3.05, 3.63) is 46.1 Å². The fourth-order valence-corrected chi connectivity index (χ4v) is 5.17. The number of ether oxygens (including phenoxy) is 2. The summed E-state index contributed by atoms with van der Waals surface area (Å²) < 4.78 is 42.7. The van der Waals surface area contributed by atoms with E-state index in [2.05, 4.69) is 6.92 Å². The topological polar surface area (TPSA) is 99.9 Å². The number of para-hydroxylation sites is 1. The Balaban J connectivity index is 2.03. The highest BCUT2D eigenvalue weighted by atomic mass is 32.2. The summed E-state index contributed by atoms with van der Waals surface area (Å²) in [6, 6.07) is 7.74. The van der Waals surface area contributed by atoms with E-state index in [1.54, 1.807) is 18.2 Å². The van der Waals surface area contributed by atoms with Gasteiger partial charge in [0.05, 0.1) is 34.4 Å². The summed E-state index contributed by atoms with van der Waals surface area (Å²) in [4.78, 5) is 25.9. The lowest BCUT2D eigenvalue weighted by Gasteiger charge is -2.13. The molecule has 0 fully saturated rings. The highest BCUT2D eigenvalue weighted by molar-refractivity contribution is 7.91. The van der Waals surface area contributed by atoms with Crippen LogP contribution in [0.5, 0.6) is 5.75 Å². The Kier molecular flexibility index (Phi) is 9.32. The number of benzene rings is 2. The molecule has 8 heteroatoms. The molecule has 0 spiro atoms. The Morgan fingerprint density at radius 3 is 2.31 bits per heavy atom. The van der Waals surface area contributed by atoms with E-state index in [0.29, 0.717) is 18.8 Å². The summed E-state index contributed by atoms with van der Waals surface area (Å²) in [5.74, 6) is -0.347. The van der Waals surface area contributed by atoms with E-state index in [9.17, 15) is 18.0 Å². The quantitative estimate of drug-likeness (QED) is 0.159. The molecule has 3 aromatic rings. The van der Waals surface area contributed by atoms with Crippen molar-refractivity contribution in [2.75, 3.05) is 19.5 Å². The van der Waals surface area contributed by atoms with Gasteiger partial charge in [0.2, 0.25) is 5.43 Å². The first kappa shape index (κ1) is 26.7. The summed E-state index contributed by atoms with van der Waals surface area (Å²) in [5.41, 5.74) is -0.365. The molecule has 0 atom stereocenters. The van der Waals surface area contributed by atoms with Gasteiger partial charge in [-0.3, -0.25) is 4.79 Å². The molecule has 1 aromatic heterocycles. The number of hydrogen-bond donors (Lipinski definition) is 0. The first-order valence-corrected chi connectivity index (χ1v) is 14.2. The molecule has 1 heterocycles. The fraction of sp³-hybridized carbons (Fsp3) is 0.481. The van der Waals surface area contributed by atoms with Gasteiger partial charge >= 0.3 is 5.97 Å². The van der Waals surface area contributed by atoms with Gasteiger partial charge in [-0.2, -0.15) is 0 Å². The second kappa shape index (κ2) is 12.2. The van der Waals surface area contributed by atoms with Gasteiger partial charge in [0.25, 0.3) is 0 Å². The summed E-state index contributed by atoms with van der Waals surface area (Å²) in [6.45, 7) is 4.86. The van der Waals surface area contributed by atoms with Crippen LogP contribution >= 0.6 is 0 Å². The molecule has 2 aromatic carbocycles. The van der Waals surface area contributed by atoms with E-state index in [1.165, 1.54) is 18.6 Å². The maximum absolute atomic E-state index is 13.5. The third-order valence-electron chi connectivity index (χ3n) is 5.86. The molecule has 0 radical (unpaired) electrons. The van der Waals surface area contributed by atoms with Crippen LogP contribution in [-0.4, -0.2) is 33.9 Å². The van der Waals surface area contributed by atoms with Gasteiger partial charge in [0.1, 0.15) is 5.58 Å². The molecule has 3 rings (SSSR count). The minimum atomic E-state index is -3.96.